The molecule has 2 aliphatic rings. The van der Waals surface area contributed by atoms with E-state index in [2.05, 4.69) is 0 Å². The first-order chi connectivity index (χ1) is 11.4. The lowest BCUT2D eigenvalue weighted by atomic mass is 10.1. The van der Waals surface area contributed by atoms with Crippen LogP contribution < -0.4 is 4.74 Å². The lowest BCUT2D eigenvalue weighted by molar-refractivity contribution is -0.385. The van der Waals surface area contributed by atoms with E-state index in [1.54, 1.807) is 4.90 Å². The van der Waals surface area contributed by atoms with Crippen molar-refractivity contribution < 1.29 is 19.2 Å². The molecule has 3 amide bonds. The number of nitro benzene ring substituents is 1. The summed E-state index contributed by atoms with van der Waals surface area (Å²) < 4.78 is 5.67. The quantitative estimate of drug-likeness (QED) is 0.468. The Kier molecular flexibility index (Phi) is 4.13. The van der Waals surface area contributed by atoms with Gasteiger partial charge in [0.25, 0.3) is 11.6 Å². The van der Waals surface area contributed by atoms with Gasteiger partial charge in [-0.2, -0.15) is 0 Å². The van der Waals surface area contributed by atoms with E-state index < -0.39 is 4.92 Å². The highest BCUT2D eigenvalue weighted by Crippen LogP contribution is 2.32. The number of rotatable bonds is 5. The first-order valence-electron chi connectivity index (χ1n) is 7.94. The van der Waals surface area contributed by atoms with Gasteiger partial charge in [0.1, 0.15) is 11.8 Å². The number of nitrogens with zero attached hydrogens (tertiary/aromatic N) is 3. The molecule has 1 aromatic rings. The molecule has 0 unspecified atom stereocenters. The first-order valence-corrected chi connectivity index (χ1v) is 7.94. The van der Waals surface area contributed by atoms with Gasteiger partial charge in [-0.05, 0) is 32.8 Å². The fourth-order valence-corrected chi connectivity index (χ4v) is 3.17. The van der Waals surface area contributed by atoms with Crippen LogP contribution in [0.4, 0.5) is 10.5 Å². The number of amides is 3. The molecule has 2 aliphatic heterocycles. The molecule has 0 aliphatic carbocycles. The average Bonchev–Trinajstić information content (AvgIpc) is 3.08. The monoisotopic (exact) mass is 333 g/mol. The summed E-state index contributed by atoms with van der Waals surface area (Å²) in [7, 11) is 0. The molecular formula is C16H19N3O5. The van der Waals surface area contributed by atoms with Gasteiger partial charge in [0, 0.05) is 24.2 Å². The van der Waals surface area contributed by atoms with E-state index >= 15 is 0 Å². The topological polar surface area (TPSA) is 93.0 Å². The molecular weight excluding hydrogens is 314 g/mol. The Morgan fingerprint density at radius 1 is 1.38 bits per heavy atom. The van der Waals surface area contributed by atoms with Gasteiger partial charge in [0.05, 0.1) is 17.6 Å². The van der Waals surface area contributed by atoms with Crippen LogP contribution in [0.15, 0.2) is 18.2 Å². The van der Waals surface area contributed by atoms with Crippen molar-refractivity contribution in [2.45, 2.75) is 45.4 Å². The second kappa shape index (κ2) is 6.10. The maximum absolute atomic E-state index is 12.4. The number of imide groups is 1. The van der Waals surface area contributed by atoms with Crippen molar-refractivity contribution in [1.29, 1.82) is 0 Å². The third-order valence-electron chi connectivity index (χ3n) is 4.23. The molecule has 0 bridgehead atoms. The number of non-ortho nitro benzene ring substituents is 1. The molecule has 128 valence electrons. The fourth-order valence-electron chi connectivity index (χ4n) is 3.17. The van der Waals surface area contributed by atoms with Crippen molar-refractivity contribution in [3.8, 4) is 5.75 Å². The Balaban J connectivity index is 1.90. The molecule has 2 saturated heterocycles. The summed E-state index contributed by atoms with van der Waals surface area (Å²) in [6.07, 6.45) is 1.37. The summed E-state index contributed by atoms with van der Waals surface area (Å²) >= 11 is 0. The summed E-state index contributed by atoms with van der Waals surface area (Å²) in [6.45, 7) is 4.24. The summed E-state index contributed by atoms with van der Waals surface area (Å²) in [6, 6.07) is 3.52. The third kappa shape index (κ3) is 2.79. The molecule has 0 aromatic heterocycles. The predicted molar refractivity (Wildman–Crippen MR) is 84.5 cm³/mol. The molecule has 8 heteroatoms. The lowest BCUT2D eigenvalue weighted by Gasteiger charge is -2.19. The number of fused-ring (bicyclic) bond motifs is 1. The van der Waals surface area contributed by atoms with Crippen LogP contribution >= 0.6 is 0 Å². The molecule has 8 nitrogen and oxygen atoms in total. The normalized spacial score (nSPS) is 20.0. The Morgan fingerprint density at radius 3 is 2.75 bits per heavy atom. The number of ether oxygens (including phenoxy) is 1. The second-order valence-corrected chi connectivity index (χ2v) is 6.27. The maximum atomic E-state index is 12.4. The maximum Gasteiger partial charge on any atom is 0.327 e. The van der Waals surface area contributed by atoms with E-state index in [9.17, 15) is 19.7 Å². The van der Waals surface area contributed by atoms with E-state index in [4.69, 9.17) is 4.74 Å². The van der Waals surface area contributed by atoms with Crippen molar-refractivity contribution in [1.82, 2.24) is 9.80 Å². The van der Waals surface area contributed by atoms with Crippen molar-refractivity contribution in [2.24, 2.45) is 0 Å². The van der Waals surface area contributed by atoms with Gasteiger partial charge in [0.2, 0.25) is 0 Å². The molecule has 24 heavy (non-hydrogen) atoms. The second-order valence-electron chi connectivity index (χ2n) is 6.27. The van der Waals surface area contributed by atoms with Gasteiger partial charge in [0.15, 0.2) is 0 Å². The molecule has 3 rings (SSSR count). The summed E-state index contributed by atoms with van der Waals surface area (Å²) in [5.74, 6) is 0.211. The number of carbonyl (C=O) groups is 2. The predicted octanol–water partition coefficient (Wildman–Crippen LogP) is 2.31. The summed E-state index contributed by atoms with van der Waals surface area (Å²) in [5, 5.41) is 11.0. The zero-order chi connectivity index (χ0) is 17.4. The number of urea groups is 1. The van der Waals surface area contributed by atoms with Gasteiger partial charge >= 0.3 is 6.03 Å². The summed E-state index contributed by atoms with van der Waals surface area (Å²) in [4.78, 5) is 38.1. The van der Waals surface area contributed by atoms with E-state index in [1.807, 2.05) is 13.8 Å². The number of benzene rings is 1. The van der Waals surface area contributed by atoms with Crippen molar-refractivity contribution in [3.63, 3.8) is 0 Å². The molecule has 0 spiro atoms. The van der Waals surface area contributed by atoms with Crippen LogP contribution in [0.2, 0.25) is 0 Å². The fraction of sp³-hybridized carbons (Fsp3) is 0.500. The Bertz CT molecular complexity index is 681. The van der Waals surface area contributed by atoms with Gasteiger partial charge in [-0.25, -0.2) is 4.79 Å². The highest BCUT2D eigenvalue weighted by atomic mass is 16.6. The minimum atomic E-state index is -0.505. The van der Waals surface area contributed by atoms with Crippen molar-refractivity contribution in [3.05, 3.63) is 33.9 Å². The Morgan fingerprint density at radius 2 is 2.12 bits per heavy atom. The van der Waals surface area contributed by atoms with E-state index in [0.717, 1.165) is 11.3 Å². The van der Waals surface area contributed by atoms with Gasteiger partial charge in [-0.1, -0.05) is 0 Å². The van der Waals surface area contributed by atoms with Gasteiger partial charge in [-0.3, -0.25) is 19.8 Å². The van der Waals surface area contributed by atoms with Crippen LogP contribution in [0.3, 0.4) is 0 Å². The van der Waals surface area contributed by atoms with E-state index in [1.165, 1.54) is 18.2 Å². The minimum Gasteiger partial charge on any atom is -0.491 e. The minimum absolute atomic E-state index is 0.0194. The number of hydrogen-bond donors (Lipinski definition) is 0. The van der Waals surface area contributed by atoms with Gasteiger partial charge in [-0.15, -0.1) is 0 Å². The van der Waals surface area contributed by atoms with E-state index in [-0.39, 0.29) is 36.3 Å². The highest BCUT2D eigenvalue weighted by molar-refractivity contribution is 6.04. The molecule has 1 aromatic carbocycles. The Hall–Kier alpha value is -2.64. The van der Waals surface area contributed by atoms with Crippen LogP contribution in [-0.2, 0) is 11.3 Å². The SMILES string of the molecule is CC(C)Oc1ccc([N+](=O)[O-])cc1CN1C(=O)[C@@H]2CCCN2C1=O. The smallest absolute Gasteiger partial charge is 0.327 e. The standard InChI is InChI=1S/C16H19N3O5/c1-10(2)24-14-6-5-12(19(22)23)8-11(14)9-18-15(20)13-4-3-7-17(13)16(18)21/h5-6,8,10,13H,3-4,7,9H2,1-2H3/t13-/m0/s1. The molecule has 0 radical (unpaired) electrons. The number of carbonyl (C=O) groups excluding carboxylic acids is 2. The molecule has 2 fully saturated rings. The van der Waals surface area contributed by atoms with Crippen molar-refractivity contribution >= 4 is 17.6 Å². The zero-order valence-corrected chi connectivity index (χ0v) is 13.6. The van der Waals surface area contributed by atoms with Gasteiger partial charge < -0.3 is 9.64 Å². The van der Waals surface area contributed by atoms with Crippen molar-refractivity contribution in [2.75, 3.05) is 6.54 Å². The zero-order valence-electron chi connectivity index (χ0n) is 13.6. The number of nitro groups is 1. The first kappa shape index (κ1) is 16.2. The largest absolute Gasteiger partial charge is 0.491 e. The molecule has 0 N–H and O–H groups in total. The Labute approximate surface area is 139 Å². The molecule has 0 saturated carbocycles. The molecule has 2 heterocycles. The third-order valence-corrected chi connectivity index (χ3v) is 4.23. The lowest BCUT2D eigenvalue weighted by Crippen LogP contribution is -2.32. The van der Waals surface area contributed by atoms with Crippen LogP contribution in [-0.4, -0.2) is 45.4 Å². The number of hydrogen-bond acceptors (Lipinski definition) is 5. The highest BCUT2D eigenvalue weighted by Gasteiger charge is 2.47. The van der Waals surface area contributed by atoms with Crippen LogP contribution in [0.5, 0.6) is 5.75 Å². The summed E-state index contributed by atoms with van der Waals surface area (Å²) in [5.41, 5.74) is 0.362. The van der Waals surface area contributed by atoms with Crippen LogP contribution in [0, 0.1) is 10.1 Å². The molecule has 1 atom stereocenters. The van der Waals surface area contributed by atoms with E-state index in [0.29, 0.717) is 24.3 Å². The average molecular weight is 333 g/mol. The van der Waals surface area contributed by atoms with Crippen LogP contribution in [0.1, 0.15) is 32.3 Å². The van der Waals surface area contributed by atoms with Crippen LogP contribution in [0.25, 0.3) is 0 Å².